The van der Waals surface area contributed by atoms with Crippen molar-refractivity contribution in [1.82, 2.24) is 0 Å². The molecule has 4 N–H and O–H groups in total. The first-order valence-corrected chi connectivity index (χ1v) is 8.31. The summed E-state index contributed by atoms with van der Waals surface area (Å²) >= 11 is 0. The Morgan fingerprint density at radius 2 is 1.73 bits per heavy atom. The predicted octanol–water partition coefficient (Wildman–Crippen LogP) is 2.29. The average Bonchev–Trinajstić information content (AvgIpc) is 2.95. The van der Waals surface area contributed by atoms with Crippen molar-refractivity contribution in [2.45, 2.75) is 26.2 Å². The maximum Gasteiger partial charge on any atom is 0.310 e. The highest BCUT2D eigenvalue weighted by molar-refractivity contribution is 5.98. The van der Waals surface area contributed by atoms with Crippen LogP contribution in [0.3, 0.4) is 0 Å². The van der Waals surface area contributed by atoms with Gasteiger partial charge in [-0.15, -0.1) is 0 Å². The van der Waals surface area contributed by atoms with Crippen LogP contribution in [0.4, 0.5) is 5.69 Å². The number of carbonyl (C=O) groups excluding carboxylic acids is 2. The Labute approximate surface area is 151 Å². The van der Waals surface area contributed by atoms with Gasteiger partial charge in [0.25, 0.3) is 0 Å². The summed E-state index contributed by atoms with van der Waals surface area (Å²) in [6, 6.07) is 12.4. The summed E-state index contributed by atoms with van der Waals surface area (Å²) in [5, 5.41) is 12.5. The summed E-state index contributed by atoms with van der Waals surface area (Å²) in [6.45, 7) is 1.75. The van der Waals surface area contributed by atoms with E-state index in [0.717, 1.165) is 11.1 Å². The SMILES string of the molecule is Cc1ccc(NC(=O)CC2(C(=O)O)Cc3ccccc3C2)cc1C(N)=O. The number of benzene rings is 2. The van der Waals surface area contributed by atoms with Crippen molar-refractivity contribution in [2.24, 2.45) is 11.1 Å². The summed E-state index contributed by atoms with van der Waals surface area (Å²) in [5.74, 6) is -1.96. The summed E-state index contributed by atoms with van der Waals surface area (Å²) < 4.78 is 0. The van der Waals surface area contributed by atoms with Crippen LogP contribution in [0.15, 0.2) is 42.5 Å². The molecule has 6 heteroatoms. The lowest BCUT2D eigenvalue weighted by Crippen LogP contribution is -2.36. The number of carboxylic acid groups (broad SMARTS) is 1. The first-order valence-electron chi connectivity index (χ1n) is 8.31. The van der Waals surface area contributed by atoms with Gasteiger partial charge in [0.05, 0.1) is 5.41 Å². The number of hydrogen-bond donors (Lipinski definition) is 3. The van der Waals surface area contributed by atoms with Gasteiger partial charge in [-0.2, -0.15) is 0 Å². The Bertz CT molecular complexity index is 879. The third-order valence-corrected chi connectivity index (χ3v) is 4.92. The van der Waals surface area contributed by atoms with E-state index in [2.05, 4.69) is 5.32 Å². The number of rotatable bonds is 5. The van der Waals surface area contributed by atoms with Crippen LogP contribution >= 0.6 is 0 Å². The van der Waals surface area contributed by atoms with Crippen molar-refractivity contribution < 1.29 is 19.5 Å². The summed E-state index contributed by atoms with van der Waals surface area (Å²) in [4.78, 5) is 35.9. The number of carbonyl (C=O) groups is 3. The molecule has 0 heterocycles. The molecule has 134 valence electrons. The molecule has 2 amide bonds. The number of aryl methyl sites for hydroxylation is 1. The molecule has 3 rings (SSSR count). The van der Waals surface area contributed by atoms with Crippen LogP contribution in [0, 0.1) is 12.3 Å². The lowest BCUT2D eigenvalue weighted by molar-refractivity contribution is -0.150. The highest BCUT2D eigenvalue weighted by Crippen LogP contribution is 2.40. The standard InChI is InChI=1S/C20H20N2O4/c1-12-6-7-15(8-16(12)18(21)24)22-17(23)11-20(19(25)26)9-13-4-2-3-5-14(13)10-20/h2-8H,9-11H2,1H3,(H2,21,24)(H,22,23)(H,25,26). The molecule has 1 aliphatic carbocycles. The molecule has 0 fully saturated rings. The molecule has 1 aliphatic rings. The number of aliphatic carboxylic acids is 1. The summed E-state index contributed by atoms with van der Waals surface area (Å²) in [7, 11) is 0. The second kappa shape index (κ2) is 6.63. The van der Waals surface area contributed by atoms with Crippen LogP contribution in [0.5, 0.6) is 0 Å². The van der Waals surface area contributed by atoms with Gasteiger partial charge in [-0.3, -0.25) is 14.4 Å². The van der Waals surface area contributed by atoms with Crippen molar-refractivity contribution in [1.29, 1.82) is 0 Å². The number of nitrogens with two attached hydrogens (primary N) is 1. The van der Waals surface area contributed by atoms with Gasteiger partial charge in [0, 0.05) is 17.7 Å². The molecule has 0 spiro atoms. The molecule has 0 bridgehead atoms. The minimum absolute atomic E-state index is 0.142. The third kappa shape index (κ3) is 3.31. The van der Waals surface area contributed by atoms with E-state index in [9.17, 15) is 19.5 Å². The number of hydrogen-bond acceptors (Lipinski definition) is 3. The summed E-state index contributed by atoms with van der Waals surface area (Å²) in [6.07, 6.45) is 0.509. The van der Waals surface area contributed by atoms with Gasteiger partial charge < -0.3 is 16.2 Å². The fraction of sp³-hybridized carbons (Fsp3) is 0.250. The zero-order chi connectivity index (χ0) is 18.9. The zero-order valence-corrected chi connectivity index (χ0v) is 14.4. The van der Waals surface area contributed by atoms with Crippen molar-refractivity contribution >= 4 is 23.5 Å². The van der Waals surface area contributed by atoms with Crippen molar-refractivity contribution in [3.05, 3.63) is 64.7 Å². The van der Waals surface area contributed by atoms with Crippen LogP contribution in [0.25, 0.3) is 0 Å². The maximum atomic E-state index is 12.5. The van der Waals surface area contributed by atoms with E-state index in [-0.39, 0.29) is 6.42 Å². The van der Waals surface area contributed by atoms with E-state index in [1.54, 1.807) is 19.1 Å². The Kier molecular flexibility index (Phi) is 4.50. The average molecular weight is 352 g/mol. The predicted molar refractivity (Wildman–Crippen MR) is 96.9 cm³/mol. The molecule has 0 unspecified atom stereocenters. The lowest BCUT2D eigenvalue weighted by atomic mass is 9.81. The Morgan fingerprint density at radius 1 is 1.12 bits per heavy atom. The van der Waals surface area contributed by atoms with Gasteiger partial charge in [0.15, 0.2) is 0 Å². The fourth-order valence-electron chi connectivity index (χ4n) is 3.52. The maximum absolute atomic E-state index is 12.5. The Morgan fingerprint density at radius 3 is 2.27 bits per heavy atom. The molecule has 0 aromatic heterocycles. The molecular formula is C20H20N2O4. The van der Waals surface area contributed by atoms with Crippen LogP contribution in [-0.2, 0) is 22.4 Å². The van der Waals surface area contributed by atoms with Crippen LogP contribution in [-0.4, -0.2) is 22.9 Å². The molecule has 0 saturated carbocycles. The number of carboxylic acids is 1. The molecule has 6 nitrogen and oxygen atoms in total. The van der Waals surface area contributed by atoms with Gasteiger partial charge in [-0.05, 0) is 48.6 Å². The van der Waals surface area contributed by atoms with Crippen LogP contribution < -0.4 is 11.1 Å². The highest BCUT2D eigenvalue weighted by Gasteiger charge is 2.45. The Hall–Kier alpha value is -3.15. The van der Waals surface area contributed by atoms with Crippen LogP contribution in [0.2, 0.25) is 0 Å². The molecule has 0 radical (unpaired) electrons. The van der Waals surface area contributed by atoms with E-state index in [1.807, 2.05) is 24.3 Å². The molecular weight excluding hydrogens is 332 g/mol. The van der Waals surface area contributed by atoms with Gasteiger partial charge in [-0.25, -0.2) is 0 Å². The van der Waals surface area contributed by atoms with Crippen molar-refractivity contribution in [3.8, 4) is 0 Å². The molecule has 0 saturated heterocycles. The van der Waals surface area contributed by atoms with E-state index in [4.69, 9.17) is 5.73 Å². The number of fused-ring (bicyclic) bond motifs is 1. The second-order valence-corrected chi connectivity index (χ2v) is 6.83. The number of amides is 2. The zero-order valence-electron chi connectivity index (χ0n) is 14.4. The smallest absolute Gasteiger partial charge is 0.310 e. The van der Waals surface area contributed by atoms with Gasteiger partial charge in [0.1, 0.15) is 0 Å². The number of anilines is 1. The van der Waals surface area contributed by atoms with E-state index in [1.165, 1.54) is 6.07 Å². The van der Waals surface area contributed by atoms with Gasteiger partial charge in [-0.1, -0.05) is 30.3 Å². The fourth-order valence-corrected chi connectivity index (χ4v) is 3.52. The lowest BCUT2D eigenvalue weighted by Gasteiger charge is -2.23. The minimum atomic E-state index is -1.15. The second-order valence-electron chi connectivity index (χ2n) is 6.83. The number of primary amides is 1. The highest BCUT2D eigenvalue weighted by atomic mass is 16.4. The normalized spacial score (nSPS) is 14.5. The van der Waals surface area contributed by atoms with Crippen molar-refractivity contribution in [2.75, 3.05) is 5.32 Å². The Balaban J connectivity index is 1.78. The quantitative estimate of drug-likeness (QED) is 0.767. The van der Waals surface area contributed by atoms with Gasteiger partial charge in [0.2, 0.25) is 11.8 Å². The van der Waals surface area contributed by atoms with Crippen molar-refractivity contribution in [3.63, 3.8) is 0 Å². The van der Waals surface area contributed by atoms with Crippen LogP contribution in [0.1, 0.15) is 33.5 Å². The third-order valence-electron chi connectivity index (χ3n) is 4.92. The molecule has 2 aromatic rings. The van der Waals surface area contributed by atoms with E-state index < -0.39 is 23.2 Å². The topological polar surface area (TPSA) is 109 Å². The minimum Gasteiger partial charge on any atom is -0.481 e. The summed E-state index contributed by atoms with van der Waals surface area (Å²) in [5.41, 5.74) is 7.57. The van der Waals surface area contributed by atoms with E-state index in [0.29, 0.717) is 29.7 Å². The largest absolute Gasteiger partial charge is 0.481 e. The molecule has 0 aliphatic heterocycles. The molecule has 0 atom stereocenters. The molecule has 26 heavy (non-hydrogen) atoms. The van der Waals surface area contributed by atoms with E-state index >= 15 is 0 Å². The van der Waals surface area contributed by atoms with Gasteiger partial charge >= 0.3 is 5.97 Å². The number of nitrogens with one attached hydrogen (secondary N) is 1. The monoisotopic (exact) mass is 352 g/mol. The first kappa shape index (κ1) is 17.7. The molecule has 2 aromatic carbocycles. The first-order chi connectivity index (χ1) is 12.3.